The molecule has 0 bridgehead atoms. The maximum Gasteiger partial charge on any atom is 0.321 e. The summed E-state index contributed by atoms with van der Waals surface area (Å²) in [6, 6.07) is 19.8. The van der Waals surface area contributed by atoms with Gasteiger partial charge in [0, 0.05) is 49.2 Å². The van der Waals surface area contributed by atoms with Crippen LogP contribution in [-0.2, 0) is 0 Å². The van der Waals surface area contributed by atoms with Crippen molar-refractivity contribution in [3.63, 3.8) is 0 Å². The zero-order valence-corrected chi connectivity index (χ0v) is 16.8. The summed E-state index contributed by atoms with van der Waals surface area (Å²) in [5.74, 6) is 1.65. The van der Waals surface area contributed by atoms with E-state index in [1.54, 1.807) is 0 Å². The van der Waals surface area contributed by atoms with Gasteiger partial charge in [-0.1, -0.05) is 48.0 Å². The Kier molecular flexibility index (Phi) is 5.42. The average molecular weight is 387 g/mol. The third-order valence-corrected chi connectivity index (χ3v) is 5.07. The van der Waals surface area contributed by atoms with Gasteiger partial charge in [0.15, 0.2) is 5.82 Å². The fraction of sp³-hybridized carbons (Fsp3) is 0.261. The molecule has 1 fully saturated rings. The van der Waals surface area contributed by atoms with E-state index in [0.29, 0.717) is 13.1 Å². The molecule has 0 aliphatic carbocycles. The van der Waals surface area contributed by atoms with Gasteiger partial charge in [-0.3, -0.25) is 0 Å². The number of piperazine rings is 1. The van der Waals surface area contributed by atoms with E-state index in [1.165, 1.54) is 5.56 Å². The van der Waals surface area contributed by atoms with Crippen molar-refractivity contribution in [2.24, 2.45) is 0 Å². The highest BCUT2D eigenvalue weighted by atomic mass is 16.2. The Hall–Kier alpha value is -3.41. The first-order chi connectivity index (χ1) is 14.1. The number of nitrogens with one attached hydrogen (secondary N) is 1. The van der Waals surface area contributed by atoms with Crippen LogP contribution in [-0.4, -0.2) is 47.1 Å². The third-order valence-electron chi connectivity index (χ3n) is 5.07. The molecule has 0 saturated carbocycles. The number of rotatable bonds is 3. The first kappa shape index (κ1) is 18.9. The molecule has 4 rings (SSSR count). The predicted molar refractivity (Wildman–Crippen MR) is 116 cm³/mol. The highest BCUT2D eigenvalue weighted by Gasteiger charge is 2.22. The van der Waals surface area contributed by atoms with Gasteiger partial charge in [-0.05, 0) is 26.0 Å². The van der Waals surface area contributed by atoms with Gasteiger partial charge in [0.1, 0.15) is 5.82 Å². The van der Waals surface area contributed by atoms with Crippen LogP contribution in [0.25, 0.3) is 11.4 Å². The lowest BCUT2D eigenvalue weighted by Gasteiger charge is -2.35. The Morgan fingerprint density at radius 2 is 1.59 bits per heavy atom. The molecular formula is C23H25N5O. The minimum Gasteiger partial charge on any atom is -0.353 e. The Balaban J connectivity index is 1.43. The highest BCUT2D eigenvalue weighted by molar-refractivity contribution is 5.89. The number of amides is 2. The van der Waals surface area contributed by atoms with Crippen molar-refractivity contribution in [1.82, 2.24) is 14.9 Å². The molecule has 1 aliphatic heterocycles. The molecule has 3 aromatic rings. The maximum atomic E-state index is 12.5. The topological polar surface area (TPSA) is 61.4 Å². The average Bonchev–Trinajstić information content (AvgIpc) is 2.74. The van der Waals surface area contributed by atoms with E-state index in [0.717, 1.165) is 41.7 Å². The first-order valence-corrected chi connectivity index (χ1v) is 9.87. The highest BCUT2D eigenvalue weighted by Crippen LogP contribution is 2.22. The van der Waals surface area contributed by atoms with Crippen molar-refractivity contribution in [3.05, 3.63) is 71.9 Å². The Bertz CT molecular complexity index is 980. The SMILES string of the molecule is Cc1ccc(-c2nc(C)cc(N3CCN(C(=O)Nc4ccccc4)CC3)n2)cc1. The third kappa shape index (κ3) is 4.54. The number of aromatic nitrogens is 2. The van der Waals surface area contributed by atoms with Crippen LogP contribution in [0.4, 0.5) is 16.3 Å². The molecule has 2 aromatic carbocycles. The largest absolute Gasteiger partial charge is 0.353 e. The lowest BCUT2D eigenvalue weighted by molar-refractivity contribution is 0.208. The predicted octanol–water partition coefficient (Wildman–Crippen LogP) is 4.11. The van der Waals surface area contributed by atoms with Crippen LogP contribution in [0.3, 0.4) is 0 Å². The van der Waals surface area contributed by atoms with Crippen LogP contribution in [0.2, 0.25) is 0 Å². The van der Waals surface area contributed by atoms with Crippen LogP contribution in [0.5, 0.6) is 0 Å². The molecule has 2 heterocycles. The van der Waals surface area contributed by atoms with E-state index in [9.17, 15) is 4.79 Å². The van der Waals surface area contributed by atoms with Crippen LogP contribution in [0.15, 0.2) is 60.7 Å². The summed E-state index contributed by atoms with van der Waals surface area (Å²) in [5.41, 5.74) is 3.98. The van der Waals surface area contributed by atoms with Crippen LogP contribution in [0.1, 0.15) is 11.3 Å². The van der Waals surface area contributed by atoms with Crippen molar-refractivity contribution >= 4 is 17.5 Å². The van der Waals surface area contributed by atoms with Gasteiger partial charge in [0.2, 0.25) is 0 Å². The fourth-order valence-corrected chi connectivity index (χ4v) is 3.41. The summed E-state index contributed by atoms with van der Waals surface area (Å²) in [6.07, 6.45) is 0. The number of anilines is 2. The van der Waals surface area contributed by atoms with E-state index in [1.807, 2.05) is 48.2 Å². The molecule has 1 aromatic heterocycles. The number of benzene rings is 2. The number of carbonyl (C=O) groups excluding carboxylic acids is 1. The summed E-state index contributed by atoms with van der Waals surface area (Å²) in [6.45, 7) is 6.85. The molecule has 2 amide bonds. The zero-order chi connectivity index (χ0) is 20.2. The quantitative estimate of drug-likeness (QED) is 0.735. The number of nitrogens with zero attached hydrogens (tertiary/aromatic N) is 4. The molecule has 148 valence electrons. The fourth-order valence-electron chi connectivity index (χ4n) is 3.41. The zero-order valence-electron chi connectivity index (χ0n) is 16.8. The Morgan fingerprint density at radius 3 is 2.28 bits per heavy atom. The lowest BCUT2D eigenvalue weighted by Crippen LogP contribution is -2.50. The Labute approximate surface area is 171 Å². The summed E-state index contributed by atoms with van der Waals surface area (Å²) < 4.78 is 0. The molecule has 0 radical (unpaired) electrons. The van der Waals surface area contributed by atoms with Gasteiger partial charge in [0.05, 0.1) is 0 Å². The molecule has 0 spiro atoms. The van der Waals surface area contributed by atoms with Crippen molar-refractivity contribution in [1.29, 1.82) is 0 Å². The Morgan fingerprint density at radius 1 is 0.897 bits per heavy atom. The molecule has 6 nitrogen and oxygen atoms in total. The summed E-state index contributed by atoms with van der Waals surface area (Å²) in [5, 5.41) is 2.95. The summed E-state index contributed by atoms with van der Waals surface area (Å²) >= 11 is 0. The molecule has 1 N–H and O–H groups in total. The molecule has 6 heteroatoms. The molecule has 29 heavy (non-hydrogen) atoms. The van der Waals surface area contributed by atoms with E-state index in [-0.39, 0.29) is 6.03 Å². The summed E-state index contributed by atoms with van der Waals surface area (Å²) in [7, 11) is 0. The molecule has 0 unspecified atom stereocenters. The number of hydrogen-bond donors (Lipinski definition) is 1. The smallest absolute Gasteiger partial charge is 0.321 e. The number of carbonyl (C=O) groups is 1. The van der Waals surface area contributed by atoms with Gasteiger partial charge in [-0.15, -0.1) is 0 Å². The van der Waals surface area contributed by atoms with Gasteiger partial charge in [0.25, 0.3) is 0 Å². The van der Waals surface area contributed by atoms with E-state index < -0.39 is 0 Å². The van der Waals surface area contributed by atoms with Gasteiger partial charge in [-0.2, -0.15) is 0 Å². The van der Waals surface area contributed by atoms with Gasteiger partial charge < -0.3 is 15.1 Å². The van der Waals surface area contributed by atoms with Crippen molar-refractivity contribution in [2.75, 3.05) is 36.4 Å². The summed E-state index contributed by atoms with van der Waals surface area (Å²) in [4.78, 5) is 26.0. The van der Waals surface area contributed by atoms with Crippen LogP contribution in [0, 0.1) is 13.8 Å². The van der Waals surface area contributed by atoms with Gasteiger partial charge >= 0.3 is 6.03 Å². The van der Waals surface area contributed by atoms with Gasteiger partial charge in [-0.25, -0.2) is 14.8 Å². The maximum absolute atomic E-state index is 12.5. The standard InChI is InChI=1S/C23H25N5O/c1-17-8-10-19(11-9-17)22-24-18(2)16-21(26-22)27-12-14-28(15-13-27)23(29)25-20-6-4-3-5-7-20/h3-11,16H,12-15H2,1-2H3,(H,25,29). The minimum atomic E-state index is -0.0601. The van der Waals surface area contributed by atoms with Crippen molar-refractivity contribution in [2.45, 2.75) is 13.8 Å². The monoisotopic (exact) mass is 387 g/mol. The first-order valence-electron chi connectivity index (χ1n) is 9.87. The second-order valence-corrected chi connectivity index (χ2v) is 7.33. The molecular weight excluding hydrogens is 362 g/mol. The molecule has 1 aliphatic rings. The second kappa shape index (κ2) is 8.31. The number of urea groups is 1. The second-order valence-electron chi connectivity index (χ2n) is 7.33. The van der Waals surface area contributed by atoms with Crippen LogP contribution >= 0.6 is 0 Å². The van der Waals surface area contributed by atoms with Crippen molar-refractivity contribution in [3.8, 4) is 11.4 Å². The van der Waals surface area contributed by atoms with E-state index >= 15 is 0 Å². The number of para-hydroxylation sites is 1. The number of hydrogen-bond acceptors (Lipinski definition) is 4. The molecule has 0 atom stereocenters. The van der Waals surface area contributed by atoms with Crippen molar-refractivity contribution < 1.29 is 4.79 Å². The minimum absolute atomic E-state index is 0.0601. The number of aryl methyl sites for hydroxylation is 2. The normalized spacial score (nSPS) is 14.0. The molecule has 1 saturated heterocycles. The van der Waals surface area contributed by atoms with E-state index in [4.69, 9.17) is 4.98 Å². The van der Waals surface area contributed by atoms with Crippen LogP contribution < -0.4 is 10.2 Å². The van der Waals surface area contributed by atoms with E-state index in [2.05, 4.69) is 46.4 Å². The lowest BCUT2D eigenvalue weighted by atomic mass is 10.1.